The van der Waals surface area contributed by atoms with Gasteiger partial charge in [0.15, 0.2) is 17.1 Å². The van der Waals surface area contributed by atoms with Gasteiger partial charge in [-0.15, -0.1) is 0 Å². The Morgan fingerprint density at radius 3 is 1.87 bits per heavy atom. The number of hydrogen-bond acceptors (Lipinski definition) is 4. The van der Waals surface area contributed by atoms with Gasteiger partial charge in [-0.3, -0.25) is 19.9 Å². The molecule has 1 saturated heterocycles. The lowest BCUT2D eigenvalue weighted by Crippen LogP contribution is -3.22. The first-order chi connectivity index (χ1) is 15.2. The van der Waals surface area contributed by atoms with E-state index in [2.05, 4.69) is 24.3 Å². The van der Waals surface area contributed by atoms with Crippen LogP contribution in [0.15, 0.2) is 72.8 Å². The Morgan fingerprint density at radius 1 is 0.839 bits per heavy atom. The first-order valence-electron chi connectivity index (χ1n) is 10.5. The Balaban J connectivity index is 1.55. The molecule has 2 aliphatic rings. The summed E-state index contributed by atoms with van der Waals surface area (Å²) < 4.78 is 11.0. The van der Waals surface area contributed by atoms with Crippen LogP contribution in [0.4, 0.5) is 5.69 Å². The van der Waals surface area contributed by atoms with Crippen LogP contribution >= 0.6 is 0 Å². The van der Waals surface area contributed by atoms with Crippen LogP contribution in [-0.2, 0) is 13.1 Å². The lowest BCUT2D eigenvalue weighted by atomic mass is 10.1. The van der Waals surface area contributed by atoms with Crippen LogP contribution in [0.1, 0.15) is 22.9 Å². The maximum Gasteiger partial charge on any atom is 0.289 e. The number of benzene rings is 3. The molecule has 0 radical (unpaired) electrons. The van der Waals surface area contributed by atoms with Crippen LogP contribution in [0, 0.1) is 10.1 Å². The molecular weight excluding hydrogens is 394 g/mol. The summed E-state index contributed by atoms with van der Waals surface area (Å²) in [4.78, 5) is 14.3. The lowest BCUT2D eigenvalue weighted by molar-refractivity contribution is -1.09. The molecule has 0 amide bonds. The molecular formula is C24H25N3O4+2. The number of ether oxygens (including phenoxy) is 2. The molecule has 7 nitrogen and oxygen atoms in total. The molecule has 5 rings (SSSR count). The molecule has 0 bridgehead atoms. The first kappa shape index (κ1) is 19.5. The Labute approximate surface area is 180 Å². The third-order valence-electron chi connectivity index (χ3n) is 6.16. The fourth-order valence-corrected chi connectivity index (χ4v) is 4.77. The second-order valence-electron chi connectivity index (χ2n) is 8.10. The fraction of sp³-hybridized carbons (Fsp3) is 0.250. The third kappa shape index (κ3) is 3.97. The zero-order valence-corrected chi connectivity index (χ0v) is 17.1. The highest BCUT2D eigenvalue weighted by atomic mass is 16.7. The summed E-state index contributed by atoms with van der Waals surface area (Å²) in [5, 5.41) is 12.0. The van der Waals surface area contributed by atoms with E-state index in [-0.39, 0.29) is 23.6 Å². The SMILES string of the molecule is O=[N+]([O-])c1cc2c(cc1C1[NH+](Cc3ccccc3)CC[NH+]1Cc1ccccc1)OCO2. The predicted octanol–water partition coefficient (Wildman–Crippen LogP) is 1.51. The van der Waals surface area contributed by atoms with Crippen LogP contribution in [0.2, 0.25) is 0 Å². The summed E-state index contributed by atoms with van der Waals surface area (Å²) in [5.41, 5.74) is 3.27. The average molecular weight is 419 g/mol. The van der Waals surface area contributed by atoms with Gasteiger partial charge in [-0.05, 0) is 0 Å². The Morgan fingerprint density at radius 2 is 1.35 bits per heavy atom. The molecule has 2 unspecified atom stereocenters. The molecule has 0 aromatic heterocycles. The number of nitrogens with zero attached hydrogens (tertiary/aromatic N) is 1. The molecule has 0 saturated carbocycles. The molecule has 3 aromatic carbocycles. The van der Waals surface area contributed by atoms with Crippen molar-refractivity contribution in [3.05, 3.63) is 99.6 Å². The summed E-state index contributed by atoms with van der Waals surface area (Å²) in [5.74, 6) is 1.04. The van der Waals surface area contributed by atoms with E-state index in [1.807, 2.05) is 42.5 Å². The standard InChI is InChI=1S/C24H23N3O4/c28-27(29)21-14-23-22(30-17-31-23)13-20(21)24-25(15-18-7-3-1-4-8-18)11-12-26(24)16-19-9-5-2-6-10-19/h1-10,13-14,24H,11-12,15-17H2/p+2. The summed E-state index contributed by atoms with van der Waals surface area (Å²) in [7, 11) is 0. The normalized spacial score (nSPS) is 21.9. The van der Waals surface area contributed by atoms with Crippen LogP contribution in [0.3, 0.4) is 0 Å². The molecule has 7 heteroatoms. The largest absolute Gasteiger partial charge is 0.454 e. The van der Waals surface area contributed by atoms with Gasteiger partial charge in [-0.2, -0.15) is 0 Å². The van der Waals surface area contributed by atoms with Gasteiger partial charge >= 0.3 is 0 Å². The minimum absolute atomic E-state index is 0.0738. The van der Waals surface area contributed by atoms with Crippen molar-refractivity contribution >= 4 is 5.69 Å². The number of quaternary nitrogens is 2. The number of nitro benzene ring substituents is 1. The monoisotopic (exact) mass is 419 g/mol. The van der Waals surface area contributed by atoms with E-state index in [1.165, 1.54) is 27.0 Å². The van der Waals surface area contributed by atoms with Crippen molar-refractivity contribution in [3.8, 4) is 11.5 Å². The van der Waals surface area contributed by atoms with E-state index in [1.54, 1.807) is 0 Å². The van der Waals surface area contributed by atoms with E-state index in [0.717, 1.165) is 26.2 Å². The summed E-state index contributed by atoms with van der Waals surface area (Å²) in [6, 6.07) is 24.0. The maximum atomic E-state index is 12.0. The molecule has 2 N–H and O–H groups in total. The molecule has 2 atom stereocenters. The van der Waals surface area contributed by atoms with E-state index in [4.69, 9.17) is 9.47 Å². The molecule has 2 heterocycles. The predicted molar refractivity (Wildman–Crippen MR) is 114 cm³/mol. The summed E-state index contributed by atoms with van der Waals surface area (Å²) in [6.45, 7) is 3.60. The number of hydrogen-bond donors (Lipinski definition) is 2. The van der Waals surface area contributed by atoms with Crippen LogP contribution < -0.4 is 19.3 Å². The van der Waals surface area contributed by atoms with Gasteiger partial charge in [0.05, 0.1) is 11.0 Å². The smallest absolute Gasteiger partial charge is 0.289 e. The maximum absolute atomic E-state index is 12.0. The van der Waals surface area contributed by atoms with Gasteiger partial charge in [0.1, 0.15) is 26.2 Å². The van der Waals surface area contributed by atoms with Crippen LogP contribution in [0.5, 0.6) is 11.5 Å². The molecule has 31 heavy (non-hydrogen) atoms. The number of fused-ring (bicyclic) bond motifs is 1. The molecule has 158 valence electrons. The molecule has 3 aromatic rings. The van der Waals surface area contributed by atoms with E-state index >= 15 is 0 Å². The van der Waals surface area contributed by atoms with Gasteiger partial charge in [-0.25, -0.2) is 0 Å². The number of rotatable bonds is 6. The molecule has 2 aliphatic heterocycles. The van der Waals surface area contributed by atoms with E-state index in [0.29, 0.717) is 17.1 Å². The van der Waals surface area contributed by atoms with Crippen molar-refractivity contribution < 1.29 is 24.2 Å². The van der Waals surface area contributed by atoms with Crippen molar-refractivity contribution in [3.63, 3.8) is 0 Å². The Bertz CT molecular complexity index is 1030. The molecule has 0 aliphatic carbocycles. The van der Waals surface area contributed by atoms with Gasteiger partial charge in [0.2, 0.25) is 13.0 Å². The van der Waals surface area contributed by atoms with Crippen molar-refractivity contribution in [2.75, 3.05) is 19.9 Å². The van der Waals surface area contributed by atoms with Gasteiger partial charge in [-0.1, -0.05) is 60.7 Å². The molecule has 0 spiro atoms. The lowest BCUT2D eigenvalue weighted by Gasteiger charge is -2.24. The van der Waals surface area contributed by atoms with Crippen molar-refractivity contribution in [1.29, 1.82) is 0 Å². The average Bonchev–Trinajstić information content (AvgIpc) is 3.40. The highest BCUT2D eigenvalue weighted by molar-refractivity contribution is 5.55. The summed E-state index contributed by atoms with van der Waals surface area (Å²) in [6.07, 6.45) is -0.0738. The first-order valence-corrected chi connectivity index (χ1v) is 10.5. The molecule has 1 fully saturated rings. The van der Waals surface area contributed by atoms with Crippen LogP contribution in [-0.4, -0.2) is 24.8 Å². The minimum atomic E-state index is -0.296. The van der Waals surface area contributed by atoms with Gasteiger partial charge in [0.25, 0.3) is 5.69 Å². The second-order valence-corrected chi connectivity index (χ2v) is 8.10. The van der Waals surface area contributed by atoms with E-state index < -0.39 is 0 Å². The Hall–Kier alpha value is -3.42. The highest BCUT2D eigenvalue weighted by Crippen LogP contribution is 2.39. The summed E-state index contributed by atoms with van der Waals surface area (Å²) >= 11 is 0. The van der Waals surface area contributed by atoms with Crippen molar-refractivity contribution in [1.82, 2.24) is 0 Å². The van der Waals surface area contributed by atoms with E-state index in [9.17, 15) is 10.1 Å². The highest BCUT2D eigenvalue weighted by Gasteiger charge is 2.45. The number of nitrogens with one attached hydrogen (secondary N) is 2. The number of nitro groups is 1. The van der Waals surface area contributed by atoms with Crippen molar-refractivity contribution in [2.45, 2.75) is 19.3 Å². The zero-order chi connectivity index (χ0) is 21.2. The van der Waals surface area contributed by atoms with Crippen molar-refractivity contribution in [2.24, 2.45) is 0 Å². The van der Waals surface area contributed by atoms with Gasteiger partial charge in [0, 0.05) is 17.2 Å². The van der Waals surface area contributed by atoms with Crippen LogP contribution in [0.25, 0.3) is 0 Å². The third-order valence-corrected chi connectivity index (χ3v) is 6.16. The second kappa shape index (κ2) is 8.37. The topological polar surface area (TPSA) is 70.5 Å². The zero-order valence-electron chi connectivity index (χ0n) is 17.1. The quantitative estimate of drug-likeness (QED) is 0.469. The fourth-order valence-electron chi connectivity index (χ4n) is 4.77. The van der Waals surface area contributed by atoms with Gasteiger partial charge < -0.3 is 9.47 Å². The minimum Gasteiger partial charge on any atom is -0.454 e. The Kier molecular flexibility index (Phi) is 5.28.